The number of hydrogen-bond acceptors (Lipinski definition) is 3. The predicted octanol–water partition coefficient (Wildman–Crippen LogP) is 3.84. The Bertz CT molecular complexity index is 547. The molecule has 2 aromatic rings. The summed E-state index contributed by atoms with van der Waals surface area (Å²) in [5, 5.41) is 4.23. The Morgan fingerprint density at radius 1 is 1.11 bits per heavy atom. The van der Waals surface area contributed by atoms with Crippen LogP contribution < -0.4 is 10.2 Å². The van der Waals surface area contributed by atoms with Gasteiger partial charge in [0.15, 0.2) is 0 Å². The van der Waals surface area contributed by atoms with Crippen LogP contribution in [0, 0.1) is 6.92 Å². The van der Waals surface area contributed by atoms with Crippen LogP contribution in [0.1, 0.15) is 18.1 Å². The number of rotatable bonds is 5. The number of anilines is 1. The predicted molar refractivity (Wildman–Crippen MR) is 80.0 cm³/mol. The van der Waals surface area contributed by atoms with Crippen LogP contribution in [0.3, 0.4) is 0 Å². The normalized spacial score (nSPS) is 10.6. The lowest BCUT2D eigenvalue weighted by Gasteiger charge is -2.06. The van der Waals surface area contributed by atoms with E-state index in [1.807, 2.05) is 55.5 Å². The highest BCUT2D eigenvalue weighted by Gasteiger charge is 1.98. The third-order valence-electron chi connectivity index (χ3n) is 2.67. The summed E-state index contributed by atoms with van der Waals surface area (Å²) in [5.41, 5.74) is 6.17. The fourth-order valence-electron chi connectivity index (χ4n) is 1.68. The van der Waals surface area contributed by atoms with Crippen LogP contribution in [0.4, 0.5) is 5.69 Å². The lowest BCUT2D eigenvalue weighted by atomic mass is 10.2. The van der Waals surface area contributed by atoms with E-state index in [1.165, 1.54) is 5.56 Å². The maximum atomic E-state index is 5.54. The Hall–Kier alpha value is -2.29. The molecule has 0 spiro atoms. The van der Waals surface area contributed by atoms with Crippen molar-refractivity contribution in [3.05, 3.63) is 59.7 Å². The van der Waals surface area contributed by atoms with E-state index in [4.69, 9.17) is 4.74 Å². The molecule has 0 saturated carbocycles. The highest BCUT2D eigenvalue weighted by Crippen LogP contribution is 2.16. The second kappa shape index (κ2) is 6.59. The summed E-state index contributed by atoms with van der Waals surface area (Å²) in [6.45, 7) is 4.68. The Labute approximate surface area is 113 Å². The Morgan fingerprint density at radius 3 is 2.58 bits per heavy atom. The molecule has 1 N–H and O–H groups in total. The zero-order valence-corrected chi connectivity index (χ0v) is 11.3. The largest absolute Gasteiger partial charge is 0.493 e. The van der Waals surface area contributed by atoms with Crippen molar-refractivity contribution in [1.82, 2.24) is 0 Å². The van der Waals surface area contributed by atoms with E-state index < -0.39 is 0 Å². The monoisotopic (exact) mass is 254 g/mol. The minimum absolute atomic E-state index is 0.649. The van der Waals surface area contributed by atoms with Gasteiger partial charge in [0.2, 0.25) is 0 Å². The molecular formula is C16H18N2O. The maximum absolute atomic E-state index is 5.54. The molecule has 3 heteroatoms. The summed E-state index contributed by atoms with van der Waals surface area (Å²) in [4.78, 5) is 0. The number of aryl methyl sites for hydroxylation is 1. The third-order valence-corrected chi connectivity index (χ3v) is 2.67. The summed E-state index contributed by atoms with van der Waals surface area (Å²) in [5.74, 6) is 0.847. The zero-order chi connectivity index (χ0) is 13.5. The molecule has 0 bridgehead atoms. The highest BCUT2D eigenvalue weighted by molar-refractivity contribution is 5.83. The number of benzene rings is 2. The molecule has 2 aromatic carbocycles. The topological polar surface area (TPSA) is 33.6 Å². The van der Waals surface area contributed by atoms with E-state index in [1.54, 1.807) is 6.21 Å². The first-order valence-electron chi connectivity index (χ1n) is 6.37. The summed E-state index contributed by atoms with van der Waals surface area (Å²) < 4.78 is 5.54. The molecule has 0 aliphatic carbocycles. The SMILES string of the molecule is CCOc1ccccc1/C=N\Nc1ccc(C)cc1. The van der Waals surface area contributed by atoms with Crippen LogP contribution in [0.25, 0.3) is 0 Å². The number of hydrogen-bond donors (Lipinski definition) is 1. The summed E-state index contributed by atoms with van der Waals surface area (Å²) in [6, 6.07) is 15.9. The van der Waals surface area contributed by atoms with Crippen molar-refractivity contribution in [2.24, 2.45) is 5.10 Å². The van der Waals surface area contributed by atoms with Crippen LogP contribution in [0.5, 0.6) is 5.75 Å². The van der Waals surface area contributed by atoms with Crippen LogP contribution in [-0.2, 0) is 0 Å². The quantitative estimate of drug-likeness (QED) is 0.649. The van der Waals surface area contributed by atoms with E-state index in [9.17, 15) is 0 Å². The fraction of sp³-hybridized carbons (Fsp3) is 0.188. The van der Waals surface area contributed by atoms with Gasteiger partial charge in [-0.25, -0.2) is 0 Å². The molecular weight excluding hydrogens is 236 g/mol. The van der Waals surface area contributed by atoms with Crippen molar-refractivity contribution in [2.45, 2.75) is 13.8 Å². The Morgan fingerprint density at radius 2 is 1.84 bits per heavy atom. The van der Waals surface area contributed by atoms with Crippen LogP contribution in [-0.4, -0.2) is 12.8 Å². The fourth-order valence-corrected chi connectivity index (χ4v) is 1.68. The van der Waals surface area contributed by atoms with Gasteiger partial charge in [0.05, 0.1) is 18.5 Å². The van der Waals surface area contributed by atoms with Gasteiger partial charge in [-0.15, -0.1) is 0 Å². The minimum Gasteiger partial charge on any atom is -0.493 e. The second-order valence-corrected chi connectivity index (χ2v) is 4.21. The first-order chi connectivity index (χ1) is 9.29. The first-order valence-corrected chi connectivity index (χ1v) is 6.37. The smallest absolute Gasteiger partial charge is 0.128 e. The summed E-state index contributed by atoms with van der Waals surface area (Å²) >= 11 is 0. The van der Waals surface area contributed by atoms with Gasteiger partial charge in [0.25, 0.3) is 0 Å². The highest BCUT2D eigenvalue weighted by atomic mass is 16.5. The van der Waals surface area contributed by atoms with E-state index in [0.29, 0.717) is 6.61 Å². The van der Waals surface area contributed by atoms with Crippen LogP contribution in [0.2, 0.25) is 0 Å². The lowest BCUT2D eigenvalue weighted by Crippen LogP contribution is -1.97. The lowest BCUT2D eigenvalue weighted by molar-refractivity contribution is 0.340. The van der Waals surface area contributed by atoms with Gasteiger partial charge in [-0.05, 0) is 38.1 Å². The van der Waals surface area contributed by atoms with Crippen molar-refractivity contribution in [3.63, 3.8) is 0 Å². The van der Waals surface area contributed by atoms with Gasteiger partial charge in [-0.2, -0.15) is 5.10 Å². The van der Waals surface area contributed by atoms with Gasteiger partial charge < -0.3 is 4.74 Å². The second-order valence-electron chi connectivity index (χ2n) is 4.21. The molecule has 3 nitrogen and oxygen atoms in total. The zero-order valence-electron chi connectivity index (χ0n) is 11.3. The Kier molecular flexibility index (Phi) is 4.56. The molecule has 0 fully saturated rings. The summed E-state index contributed by atoms with van der Waals surface area (Å²) in [6.07, 6.45) is 1.77. The van der Waals surface area contributed by atoms with Gasteiger partial charge in [-0.1, -0.05) is 29.8 Å². The van der Waals surface area contributed by atoms with Crippen molar-refractivity contribution in [1.29, 1.82) is 0 Å². The van der Waals surface area contributed by atoms with Gasteiger partial charge in [0, 0.05) is 5.56 Å². The molecule has 0 heterocycles. The third kappa shape index (κ3) is 3.85. The van der Waals surface area contributed by atoms with Crippen molar-refractivity contribution < 1.29 is 4.74 Å². The van der Waals surface area contributed by atoms with E-state index in [0.717, 1.165) is 17.0 Å². The molecule has 0 radical (unpaired) electrons. The summed E-state index contributed by atoms with van der Waals surface area (Å²) in [7, 11) is 0. The van der Waals surface area contributed by atoms with Gasteiger partial charge in [0.1, 0.15) is 5.75 Å². The van der Waals surface area contributed by atoms with Crippen LogP contribution in [0.15, 0.2) is 53.6 Å². The maximum Gasteiger partial charge on any atom is 0.128 e. The molecule has 0 amide bonds. The van der Waals surface area contributed by atoms with E-state index in [-0.39, 0.29) is 0 Å². The standard InChI is InChI=1S/C16H18N2O/c1-3-19-16-7-5-4-6-14(16)12-17-18-15-10-8-13(2)9-11-15/h4-12,18H,3H2,1-2H3/b17-12-. The molecule has 19 heavy (non-hydrogen) atoms. The molecule has 2 rings (SSSR count). The molecule has 0 saturated heterocycles. The molecule has 98 valence electrons. The first kappa shape index (κ1) is 13.1. The Balaban J connectivity index is 2.04. The van der Waals surface area contributed by atoms with Gasteiger partial charge in [-0.3, -0.25) is 5.43 Å². The number of hydrazone groups is 1. The number of nitrogens with one attached hydrogen (secondary N) is 1. The average molecular weight is 254 g/mol. The van der Waals surface area contributed by atoms with Crippen molar-refractivity contribution in [2.75, 3.05) is 12.0 Å². The molecule has 0 atom stereocenters. The molecule has 0 unspecified atom stereocenters. The van der Waals surface area contributed by atoms with Gasteiger partial charge >= 0.3 is 0 Å². The number of ether oxygens (including phenoxy) is 1. The molecule has 0 aliphatic rings. The number of nitrogens with zero attached hydrogens (tertiary/aromatic N) is 1. The molecule has 0 aromatic heterocycles. The van der Waals surface area contributed by atoms with E-state index in [2.05, 4.69) is 17.5 Å². The average Bonchev–Trinajstić information content (AvgIpc) is 2.43. The van der Waals surface area contributed by atoms with E-state index >= 15 is 0 Å². The van der Waals surface area contributed by atoms with Crippen molar-refractivity contribution >= 4 is 11.9 Å². The van der Waals surface area contributed by atoms with Crippen molar-refractivity contribution in [3.8, 4) is 5.75 Å². The minimum atomic E-state index is 0.649. The molecule has 0 aliphatic heterocycles. The van der Waals surface area contributed by atoms with Crippen LogP contribution >= 0.6 is 0 Å². The number of para-hydroxylation sites is 1.